The highest BCUT2D eigenvalue weighted by Crippen LogP contribution is 2.22. The van der Waals surface area contributed by atoms with Crippen LogP contribution < -0.4 is 4.72 Å². The lowest BCUT2D eigenvalue weighted by atomic mass is 10.5. The lowest BCUT2D eigenvalue weighted by Gasteiger charge is -2.01. The minimum Gasteiger partial charge on any atom is -0.337 e. The number of sulfonamides is 1. The molecule has 0 amide bonds. The summed E-state index contributed by atoms with van der Waals surface area (Å²) in [6.07, 6.45) is 1.50. The molecule has 0 aromatic carbocycles. The lowest BCUT2D eigenvalue weighted by Crippen LogP contribution is -2.23. The van der Waals surface area contributed by atoms with Crippen LogP contribution in [0.15, 0.2) is 27.1 Å². The number of hydrogen-bond donors (Lipinski definition) is 1. The molecule has 0 spiro atoms. The number of nitrogens with zero attached hydrogens (tertiary/aromatic N) is 2. The molecule has 98 valence electrons. The smallest absolute Gasteiger partial charge is 0.259 e. The zero-order chi connectivity index (χ0) is 13.3. The average molecular weight is 350 g/mol. The van der Waals surface area contributed by atoms with Crippen LogP contribution in [0.4, 0.5) is 0 Å². The topological polar surface area (TPSA) is 64.0 Å². The summed E-state index contributed by atoms with van der Waals surface area (Å²) < 4.78 is 29.2. The Morgan fingerprint density at radius 3 is 2.72 bits per heavy atom. The molecule has 0 saturated carbocycles. The minimum atomic E-state index is -3.54. The molecule has 0 atom stereocenters. The van der Waals surface area contributed by atoms with Crippen LogP contribution in [-0.4, -0.2) is 18.0 Å². The van der Waals surface area contributed by atoms with E-state index in [0.29, 0.717) is 5.82 Å². The molecule has 2 aromatic heterocycles. The largest absolute Gasteiger partial charge is 0.337 e. The zero-order valence-electron chi connectivity index (χ0n) is 9.84. The number of aryl methyl sites for hydroxylation is 2. The summed E-state index contributed by atoms with van der Waals surface area (Å²) in [5, 5.41) is 0.0538. The van der Waals surface area contributed by atoms with Crippen molar-refractivity contribution in [1.29, 1.82) is 0 Å². The number of hydrogen-bond acceptors (Lipinski definition) is 4. The molecular formula is C10H12BrN3O2S2. The molecule has 2 heterocycles. The van der Waals surface area contributed by atoms with Crippen molar-refractivity contribution in [3.63, 3.8) is 0 Å². The van der Waals surface area contributed by atoms with Crippen molar-refractivity contribution in [3.05, 3.63) is 32.8 Å². The van der Waals surface area contributed by atoms with E-state index in [4.69, 9.17) is 0 Å². The van der Waals surface area contributed by atoms with Gasteiger partial charge < -0.3 is 4.57 Å². The Morgan fingerprint density at radius 2 is 2.22 bits per heavy atom. The Kier molecular flexibility index (Phi) is 3.90. The minimum absolute atomic E-state index is 0.0538. The van der Waals surface area contributed by atoms with Gasteiger partial charge in [-0.3, -0.25) is 0 Å². The van der Waals surface area contributed by atoms with Crippen molar-refractivity contribution in [1.82, 2.24) is 14.3 Å². The third kappa shape index (κ3) is 3.00. The fourth-order valence-electron chi connectivity index (χ4n) is 1.34. The second-order valence-electron chi connectivity index (χ2n) is 3.77. The maximum absolute atomic E-state index is 12.0. The molecule has 0 aliphatic rings. The van der Waals surface area contributed by atoms with Crippen LogP contribution in [0.2, 0.25) is 0 Å². The summed E-state index contributed by atoms with van der Waals surface area (Å²) >= 11 is 4.83. The van der Waals surface area contributed by atoms with Gasteiger partial charge in [0.1, 0.15) is 5.82 Å². The second kappa shape index (κ2) is 5.12. The van der Waals surface area contributed by atoms with Gasteiger partial charge in [-0.25, -0.2) is 18.1 Å². The Labute approximate surface area is 118 Å². The summed E-state index contributed by atoms with van der Waals surface area (Å²) in [5.41, 5.74) is 0. The van der Waals surface area contributed by atoms with Crippen molar-refractivity contribution in [2.75, 3.05) is 0 Å². The van der Waals surface area contributed by atoms with Gasteiger partial charge in [0.2, 0.25) is 0 Å². The first-order valence-electron chi connectivity index (χ1n) is 5.12. The molecule has 2 aromatic rings. The van der Waals surface area contributed by atoms with E-state index in [1.54, 1.807) is 18.5 Å². The van der Waals surface area contributed by atoms with Crippen LogP contribution in [0.3, 0.4) is 0 Å². The van der Waals surface area contributed by atoms with Gasteiger partial charge in [0.05, 0.1) is 3.79 Å². The van der Waals surface area contributed by atoms with Gasteiger partial charge in [-0.05, 0) is 35.0 Å². The molecule has 8 heteroatoms. The molecule has 0 fully saturated rings. The normalized spacial score (nSPS) is 11.9. The molecule has 1 N–H and O–H groups in total. The standard InChI is InChI=1S/C10H12BrN3O2S2/c1-7-13-10(6-14(7)2)18(15,16)12-5-8-3-4-9(11)17-8/h3-4,6,12H,5H2,1-2H3. The molecule has 0 aliphatic heterocycles. The van der Waals surface area contributed by atoms with Crippen molar-refractivity contribution >= 4 is 37.3 Å². The second-order valence-corrected chi connectivity index (χ2v) is 8.03. The predicted octanol–water partition coefficient (Wildman–Crippen LogP) is 2.03. The van der Waals surface area contributed by atoms with Crippen molar-refractivity contribution in [2.45, 2.75) is 18.5 Å². The van der Waals surface area contributed by atoms with Crippen LogP contribution >= 0.6 is 27.3 Å². The highest BCUT2D eigenvalue weighted by Gasteiger charge is 2.18. The van der Waals surface area contributed by atoms with Crippen LogP contribution in [0.5, 0.6) is 0 Å². The third-order valence-corrected chi connectivity index (χ3v) is 5.32. The van der Waals surface area contributed by atoms with Gasteiger partial charge in [0.25, 0.3) is 10.0 Å². The number of imidazole rings is 1. The fraction of sp³-hybridized carbons (Fsp3) is 0.300. The van der Waals surface area contributed by atoms with Crippen molar-refractivity contribution < 1.29 is 8.42 Å². The van der Waals surface area contributed by atoms with Crippen LogP contribution in [0.25, 0.3) is 0 Å². The van der Waals surface area contributed by atoms with Gasteiger partial charge in [-0.2, -0.15) is 0 Å². The van der Waals surface area contributed by atoms with E-state index < -0.39 is 10.0 Å². The van der Waals surface area contributed by atoms with Gasteiger partial charge >= 0.3 is 0 Å². The number of nitrogens with one attached hydrogen (secondary N) is 1. The molecule has 0 aliphatic carbocycles. The lowest BCUT2D eigenvalue weighted by molar-refractivity contribution is 0.578. The monoisotopic (exact) mass is 349 g/mol. The molecule has 0 bridgehead atoms. The van der Waals surface area contributed by atoms with E-state index in [2.05, 4.69) is 25.6 Å². The summed E-state index contributed by atoms with van der Waals surface area (Å²) in [6, 6.07) is 3.76. The molecule has 18 heavy (non-hydrogen) atoms. The maximum Gasteiger partial charge on any atom is 0.259 e. The summed E-state index contributed by atoms with van der Waals surface area (Å²) in [7, 11) is -1.78. The molecule has 5 nitrogen and oxygen atoms in total. The maximum atomic E-state index is 12.0. The Bertz CT molecular complexity index is 641. The Morgan fingerprint density at radius 1 is 1.50 bits per heavy atom. The molecule has 2 rings (SSSR count). The molecule has 0 unspecified atom stereocenters. The van der Waals surface area contributed by atoms with E-state index in [-0.39, 0.29) is 11.6 Å². The van der Waals surface area contributed by atoms with Gasteiger partial charge in [0, 0.05) is 24.7 Å². The van der Waals surface area contributed by atoms with Gasteiger partial charge in [0.15, 0.2) is 5.03 Å². The fourth-order valence-corrected chi connectivity index (χ4v) is 3.90. The molecular weight excluding hydrogens is 338 g/mol. The third-order valence-electron chi connectivity index (χ3n) is 2.43. The van der Waals surface area contributed by atoms with Gasteiger partial charge in [-0.1, -0.05) is 0 Å². The van der Waals surface area contributed by atoms with E-state index in [9.17, 15) is 8.42 Å². The van der Waals surface area contributed by atoms with Crippen molar-refractivity contribution in [2.24, 2.45) is 7.05 Å². The van der Waals surface area contributed by atoms with E-state index in [0.717, 1.165) is 8.66 Å². The quantitative estimate of drug-likeness (QED) is 0.918. The summed E-state index contributed by atoms with van der Waals surface area (Å²) in [5.74, 6) is 0.661. The first kappa shape index (κ1) is 13.7. The molecule has 0 radical (unpaired) electrons. The highest BCUT2D eigenvalue weighted by atomic mass is 79.9. The molecule has 0 saturated heterocycles. The highest BCUT2D eigenvalue weighted by molar-refractivity contribution is 9.11. The number of thiophene rings is 1. The number of rotatable bonds is 4. The Hall–Kier alpha value is -0.700. The first-order valence-corrected chi connectivity index (χ1v) is 8.21. The van der Waals surface area contributed by atoms with Gasteiger partial charge in [-0.15, -0.1) is 11.3 Å². The predicted molar refractivity (Wildman–Crippen MR) is 74.0 cm³/mol. The zero-order valence-corrected chi connectivity index (χ0v) is 13.1. The summed E-state index contributed by atoms with van der Waals surface area (Å²) in [4.78, 5) is 4.95. The SMILES string of the molecule is Cc1nc(S(=O)(=O)NCc2ccc(Br)s2)cn1C. The van der Waals surface area contributed by atoms with Crippen molar-refractivity contribution in [3.8, 4) is 0 Å². The number of aromatic nitrogens is 2. The number of halogens is 1. The average Bonchev–Trinajstić information content (AvgIpc) is 2.84. The van der Waals surface area contributed by atoms with Crippen LogP contribution in [0, 0.1) is 6.92 Å². The summed E-state index contributed by atoms with van der Waals surface area (Å²) in [6.45, 7) is 2.03. The Balaban J connectivity index is 2.12. The van der Waals surface area contributed by atoms with E-state index in [1.807, 2.05) is 12.1 Å². The van der Waals surface area contributed by atoms with E-state index in [1.165, 1.54) is 17.5 Å². The van der Waals surface area contributed by atoms with Crippen LogP contribution in [0.1, 0.15) is 10.7 Å². The van der Waals surface area contributed by atoms with Crippen LogP contribution in [-0.2, 0) is 23.6 Å². The van der Waals surface area contributed by atoms with E-state index >= 15 is 0 Å². The first-order chi connectivity index (χ1) is 8.38.